The fraction of sp³-hybridized carbons (Fsp3) is 0.278. The molecule has 0 unspecified atom stereocenters. The Morgan fingerprint density at radius 1 is 1.08 bits per heavy atom. The molecule has 5 nitrogen and oxygen atoms in total. The number of hydrogen-bond acceptors (Lipinski definition) is 4. The minimum Gasteiger partial charge on any atom is -0.491 e. The lowest BCUT2D eigenvalue weighted by molar-refractivity contribution is -0.123. The zero-order chi connectivity index (χ0) is 18.1. The molecule has 1 amide bonds. The van der Waals surface area contributed by atoms with Gasteiger partial charge < -0.3 is 19.5 Å². The summed E-state index contributed by atoms with van der Waals surface area (Å²) in [4.78, 5) is 11.8. The summed E-state index contributed by atoms with van der Waals surface area (Å²) in [5.41, 5.74) is 0.928. The number of methoxy groups -OCH3 is 1. The molecule has 0 aromatic heterocycles. The molecular weight excluding hydrogens is 349 g/mol. The summed E-state index contributed by atoms with van der Waals surface area (Å²) in [6, 6.07) is 11.3. The normalized spacial score (nSPS) is 10.4. The van der Waals surface area contributed by atoms with E-state index >= 15 is 0 Å². The summed E-state index contributed by atoms with van der Waals surface area (Å²) in [7, 11) is 1.61. The van der Waals surface area contributed by atoms with E-state index in [9.17, 15) is 9.18 Å². The number of carbonyl (C=O) groups excluding carboxylic acids is 1. The minimum atomic E-state index is -0.534. The SMILES string of the molecule is COCCOc1ccc(CNC(=O)COc2ccc(F)c(Cl)c2)cc1. The van der Waals surface area contributed by atoms with Gasteiger partial charge in [-0.1, -0.05) is 23.7 Å². The lowest BCUT2D eigenvalue weighted by Crippen LogP contribution is -2.28. The van der Waals surface area contributed by atoms with Crippen molar-refractivity contribution in [1.82, 2.24) is 5.32 Å². The molecule has 25 heavy (non-hydrogen) atoms. The van der Waals surface area contributed by atoms with E-state index < -0.39 is 5.82 Å². The number of hydrogen-bond donors (Lipinski definition) is 1. The molecule has 2 rings (SSSR count). The molecule has 2 aromatic rings. The number of nitrogens with one attached hydrogen (secondary N) is 1. The van der Waals surface area contributed by atoms with Gasteiger partial charge in [0.05, 0.1) is 11.6 Å². The maximum absolute atomic E-state index is 13.0. The molecule has 0 radical (unpaired) electrons. The van der Waals surface area contributed by atoms with Crippen LogP contribution in [0, 0.1) is 5.82 Å². The highest BCUT2D eigenvalue weighted by Crippen LogP contribution is 2.20. The van der Waals surface area contributed by atoms with E-state index in [1.807, 2.05) is 24.3 Å². The number of ether oxygens (including phenoxy) is 3. The van der Waals surface area contributed by atoms with E-state index in [-0.39, 0.29) is 17.5 Å². The third-order valence-corrected chi connectivity index (χ3v) is 3.52. The maximum atomic E-state index is 13.0. The van der Waals surface area contributed by atoms with Crippen LogP contribution in [0.1, 0.15) is 5.56 Å². The lowest BCUT2D eigenvalue weighted by atomic mass is 10.2. The average molecular weight is 368 g/mol. The van der Waals surface area contributed by atoms with Crippen molar-refractivity contribution < 1.29 is 23.4 Å². The van der Waals surface area contributed by atoms with Crippen molar-refractivity contribution >= 4 is 17.5 Å². The second kappa shape index (κ2) is 9.86. The molecule has 0 aliphatic heterocycles. The maximum Gasteiger partial charge on any atom is 0.258 e. The molecule has 0 atom stereocenters. The second-order valence-electron chi connectivity index (χ2n) is 5.13. The van der Waals surface area contributed by atoms with Gasteiger partial charge in [0.2, 0.25) is 0 Å². The van der Waals surface area contributed by atoms with Crippen LogP contribution < -0.4 is 14.8 Å². The first-order valence-electron chi connectivity index (χ1n) is 7.63. The Morgan fingerprint density at radius 2 is 1.80 bits per heavy atom. The summed E-state index contributed by atoms with van der Waals surface area (Å²) < 4.78 is 28.7. The van der Waals surface area contributed by atoms with Crippen LogP contribution in [0.4, 0.5) is 4.39 Å². The van der Waals surface area contributed by atoms with Crippen molar-refractivity contribution in [3.63, 3.8) is 0 Å². The van der Waals surface area contributed by atoms with Crippen molar-refractivity contribution in [2.75, 3.05) is 26.9 Å². The Labute approximate surface area is 150 Å². The molecule has 0 aliphatic rings. The molecule has 0 saturated carbocycles. The molecule has 2 aromatic carbocycles. The first kappa shape index (κ1) is 19.0. The Morgan fingerprint density at radius 3 is 2.48 bits per heavy atom. The number of carbonyl (C=O) groups is 1. The van der Waals surface area contributed by atoms with Gasteiger partial charge in [-0.15, -0.1) is 0 Å². The van der Waals surface area contributed by atoms with Gasteiger partial charge in [-0.25, -0.2) is 4.39 Å². The lowest BCUT2D eigenvalue weighted by Gasteiger charge is -2.09. The van der Waals surface area contributed by atoms with Crippen molar-refractivity contribution in [2.24, 2.45) is 0 Å². The molecular formula is C18H19ClFNO4. The van der Waals surface area contributed by atoms with Crippen LogP contribution in [0.25, 0.3) is 0 Å². The zero-order valence-corrected chi connectivity index (χ0v) is 14.5. The summed E-state index contributed by atoms with van der Waals surface area (Å²) >= 11 is 5.65. The van der Waals surface area contributed by atoms with Crippen LogP contribution >= 0.6 is 11.6 Å². The van der Waals surface area contributed by atoms with Crippen molar-refractivity contribution in [1.29, 1.82) is 0 Å². The summed E-state index contributed by atoms with van der Waals surface area (Å²) in [5.74, 6) is 0.247. The van der Waals surface area contributed by atoms with E-state index in [0.29, 0.717) is 25.5 Å². The number of amides is 1. The average Bonchev–Trinajstić information content (AvgIpc) is 2.62. The molecule has 0 heterocycles. The van der Waals surface area contributed by atoms with Crippen molar-refractivity contribution in [2.45, 2.75) is 6.54 Å². The van der Waals surface area contributed by atoms with E-state index in [2.05, 4.69) is 5.32 Å². The van der Waals surface area contributed by atoms with Crippen molar-refractivity contribution in [3.8, 4) is 11.5 Å². The van der Waals surface area contributed by atoms with Crippen LogP contribution in [0.5, 0.6) is 11.5 Å². The minimum absolute atomic E-state index is 0.0503. The predicted molar refractivity (Wildman–Crippen MR) is 92.6 cm³/mol. The Balaban J connectivity index is 1.73. The third-order valence-electron chi connectivity index (χ3n) is 3.23. The second-order valence-corrected chi connectivity index (χ2v) is 5.53. The van der Waals surface area contributed by atoms with Gasteiger partial charge in [0.25, 0.3) is 5.91 Å². The smallest absolute Gasteiger partial charge is 0.258 e. The molecule has 0 fully saturated rings. The van der Waals surface area contributed by atoms with Gasteiger partial charge >= 0.3 is 0 Å². The fourth-order valence-electron chi connectivity index (χ4n) is 1.91. The highest BCUT2D eigenvalue weighted by Gasteiger charge is 2.06. The van der Waals surface area contributed by atoms with Crippen LogP contribution in [0.3, 0.4) is 0 Å². The highest BCUT2D eigenvalue weighted by molar-refractivity contribution is 6.30. The third kappa shape index (κ3) is 6.60. The van der Waals surface area contributed by atoms with E-state index in [1.165, 1.54) is 18.2 Å². The van der Waals surface area contributed by atoms with Gasteiger partial charge in [-0.3, -0.25) is 4.79 Å². The van der Waals surface area contributed by atoms with Crippen LogP contribution in [-0.2, 0) is 16.1 Å². The Hall–Kier alpha value is -2.31. The van der Waals surface area contributed by atoms with Gasteiger partial charge in [-0.2, -0.15) is 0 Å². The quantitative estimate of drug-likeness (QED) is 0.691. The van der Waals surface area contributed by atoms with Crippen molar-refractivity contribution in [3.05, 3.63) is 58.9 Å². The van der Waals surface area contributed by atoms with E-state index in [0.717, 1.165) is 11.3 Å². The van der Waals surface area contributed by atoms with Gasteiger partial charge in [0.15, 0.2) is 6.61 Å². The first-order valence-corrected chi connectivity index (χ1v) is 8.01. The highest BCUT2D eigenvalue weighted by atomic mass is 35.5. The predicted octanol–water partition coefficient (Wildman–Crippen LogP) is 3.20. The molecule has 0 bridgehead atoms. The van der Waals surface area contributed by atoms with Crippen LogP contribution in [-0.4, -0.2) is 32.8 Å². The number of benzene rings is 2. The summed E-state index contributed by atoms with van der Waals surface area (Å²) in [5, 5.41) is 2.68. The fourth-order valence-corrected chi connectivity index (χ4v) is 2.08. The van der Waals surface area contributed by atoms with Crippen LogP contribution in [0.2, 0.25) is 5.02 Å². The van der Waals surface area contributed by atoms with Gasteiger partial charge in [0.1, 0.15) is 23.9 Å². The molecule has 0 spiro atoms. The standard InChI is InChI=1S/C18H19ClFNO4/c1-23-8-9-24-14-4-2-13(3-5-14)11-21-18(22)12-25-15-6-7-17(20)16(19)10-15/h2-7,10H,8-9,11-12H2,1H3,(H,21,22). The zero-order valence-electron chi connectivity index (χ0n) is 13.8. The van der Waals surface area contributed by atoms with Crippen LogP contribution in [0.15, 0.2) is 42.5 Å². The van der Waals surface area contributed by atoms with Gasteiger partial charge in [-0.05, 0) is 29.8 Å². The van der Waals surface area contributed by atoms with E-state index in [4.69, 9.17) is 25.8 Å². The topological polar surface area (TPSA) is 56.8 Å². The largest absolute Gasteiger partial charge is 0.491 e. The molecule has 1 N–H and O–H groups in total. The molecule has 134 valence electrons. The molecule has 0 saturated heterocycles. The molecule has 0 aliphatic carbocycles. The van der Waals surface area contributed by atoms with E-state index in [1.54, 1.807) is 7.11 Å². The molecule has 7 heteroatoms. The Kier molecular flexibility index (Phi) is 7.50. The first-order chi connectivity index (χ1) is 12.1. The summed E-state index contributed by atoms with van der Waals surface area (Å²) in [6.45, 7) is 1.19. The monoisotopic (exact) mass is 367 g/mol. The Bertz CT molecular complexity index is 694. The number of rotatable bonds is 9. The van der Waals surface area contributed by atoms with Gasteiger partial charge in [0, 0.05) is 19.7 Å². The number of halogens is 2. The summed E-state index contributed by atoms with van der Waals surface area (Å²) in [6.07, 6.45) is 0.